The first-order valence-corrected chi connectivity index (χ1v) is 5.38. The molecule has 0 aliphatic heterocycles. The highest BCUT2D eigenvalue weighted by molar-refractivity contribution is 5.80. The van der Waals surface area contributed by atoms with Gasteiger partial charge in [-0.25, -0.2) is 0 Å². The van der Waals surface area contributed by atoms with E-state index in [4.69, 9.17) is 0 Å². The molecule has 0 radical (unpaired) electrons. The fraction of sp³-hybridized carbons (Fsp3) is 0.143. The lowest BCUT2D eigenvalue weighted by molar-refractivity contribution is -0.137. The SMILES string of the molecule is Cc1cccc(C(C(=O)O)c2cccnc2)c1. The summed E-state index contributed by atoms with van der Waals surface area (Å²) in [6, 6.07) is 11.1. The Morgan fingerprint density at radius 1 is 1.24 bits per heavy atom. The summed E-state index contributed by atoms with van der Waals surface area (Å²) in [6.07, 6.45) is 3.24. The third kappa shape index (κ3) is 2.50. The van der Waals surface area contributed by atoms with Gasteiger partial charge in [0.15, 0.2) is 0 Å². The van der Waals surface area contributed by atoms with Gasteiger partial charge in [0.1, 0.15) is 5.92 Å². The van der Waals surface area contributed by atoms with Crippen LogP contribution in [0, 0.1) is 6.92 Å². The molecule has 0 amide bonds. The van der Waals surface area contributed by atoms with Crippen molar-refractivity contribution >= 4 is 5.97 Å². The molecule has 1 heterocycles. The van der Waals surface area contributed by atoms with E-state index in [1.54, 1.807) is 24.5 Å². The van der Waals surface area contributed by atoms with Gasteiger partial charge in [-0.2, -0.15) is 0 Å². The van der Waals surface area contributed by atoms with E-state index in [2.05, 4.69) is 4.98 Å². The topological polar surface area (TPSA) is 50.2 Å². The van der Waals surface area contributed by atoms with Crippen LogP contribution >= 0.6 is 0 Å². The summed E-state index contributed by atoms with van der Waals surface area (Å²) < 4.78 is 0. The standard InChI is InChI=1S/C14H13NO2/c1-10-4-2-5-11(8-10)13(14(16)17)12-6-3-7-15-9-12/h2-9,13H,1H3,(H,16,17). The van der Waals surface area contributed by atoms with Crippen LogP contribution in [-0.2, 0) is 4.79 Å². The smallest absolute Gasteiger partial charge is 0.315 e. The van der Waals surface area contributed by atoms with Gasteiger partial charge >= 0.3 is 5.97 Å². The lowest BCUT2D eigenvalue weighted by Gasteiger charge is -2.13. The van der Waals surface area contributed by atoms with Gasteiger partial charge in [-0.05, 0) is 24.1 Å². The van der Waals surface area contributed by atoms with Gasteiger partial charge in [0.05, 0.1) is 0 Å². The number of hydrogen-bond donors (Lipinski definition) is 1. The molecule has 0 spiro atoms. The predicted molar refractivity (Wildman–Crippen MR) is 64.9 cm³/mol. The Hall–Kier alpha value is -2.16. The fourth-order valence-corrected chi connectivity index (χ4v) is 1.87. The highest BCUT2D eigenvalue weighted by Gasteiger charge is 2.21. The Labute approximate surface area is 99.8 Å². The van der Waals surface area contributed by atoms with Gasteiger partial charge < -0.3 is 5.11 Å². The van der Waals surface area contributed by atoms with E-state index in [1.807, 2.05) is 31.2 Å². The number of carbonyl (C=O) groups is 1. The second-order valence-corrected chi connectivity index (χ2v) is 3.97. The van der Waals surface area contributed by atoms with Crippen LogP contribution in [0.4, 0.5) is 0 Å². The zero-order valence-corrected chi connectivity index (χ0v) is 9.50. The summed E-state index contributed by atoms with van der Waals surface area (Å²) in [4.78, 5) is 15.4. The monoisotopic (exact) mass is 227 g/mol. The van der Waals surface area contributed by atoms with Crippen LogP contribution in [-0.4, -0.2) is 16.1 Å². The molecule has 1 atom stereocenters. The zero-order chi connectivity index (χ0) is 12.3. The normalized spacial score (nSPS) is 12.1. The second-order valence-electron chi connectivity index (χ2n) is 3.97. The molecule has 1 aromatic heterocycles. The van der Waals surface area contributed by atoms with Crippen LogP contribution in [0.1, 0.15) is 22.6 Å². The second kappa shape index (κ2) is 4.78. The van der Waals surface area contributed by atoms with E-state index in [-0.39, 0.29) is 0 Å². The summed E-state index contributed by atoms with van der Waals surface area (Å²) >= 11 is 0. The molecule has 0 saturated carbocycles. The van der Waals surface area contributed by atoms with E-state index in [1.165, 1.54) is 0 Å². The Morgan fingerprint density at radius 2 is 2.00 bits per heavy atom. The molecule has 1 unspecified atom stereocenters. The highest BCUT2D eigenvalue weighted by atomic mass is 16.4. The average molecular weight is 227 g/mol. The Kier molecular flexibility index (Phi) is 3.19. The predicted octanol–water partition coefficient (Wildman–Crippen LogP) is 2.61. The third-order valence-corrected chi connectivity index (χ3v) is 2.64. The number of aromatic nitrogens is 1. The quantitative estimate of drug-likeness (QED) is 0.876. The first kappa shape index (κ1) is 11.3. The van der Waals surface area contributed by atoms with Crippen LogP contribution in [0.5, 0.6) is 0 Å². The zero-order valence-electron chi connectivity index (χ0n) is 9.50. The van der Waals surface area contributed by atoms with Gasteiger partial charge in [-0.15, -0.1) is 0 Å². The van der Waals surface area contributed by atoms with E-state index >= 15 is 0 Å². The molecule has 3 heteroatoms. The maximum Gasteiger partial charge on any atom is 0.315 e. The minimum Gasteiger partial charge on any atom is -0.481 e. The number of hydrogen-bond acceptors (Lipinski definition) is 2. The molecule has 0 aliphatic carbocycles. The molecule has 0 aliphatic rings. The third-order valence-electron chi connectivity index (χ3n) is 2.64. The summed E-state index contributed by atoms with van der Waals surface area (Å²) in [5.41, 5.74) is 2.54. The molecule has 0 bridgehead atoms. The van der Waals surface area contributed by atoms with Crippen LogP contribution in [0.15, 0.2) is 48.8 Å². The van der Waals surface area contributed by atoms with Gasteiger partial charge in [-0.1, -0.05) is 35.9 Å². The average Bonchev–Trinajstić information content (AvgIpc) is 2.30. The maximum absolute atomic E-state index is 11.4. The molecule has 2 aromatic rings. The van der Waals surface area contributed by atoms with Crippen LogP contribution in [0.3, 0.4) is 0 Å². The van der Waals surface area contributed by atoms with Crippen molar-refractivity contribution in [2.24, 2.45) is 0 Å². The number of carboxylic acids is 1. The van der Waals surface area contributed by atoms with Gasteiger partial charge in [-0.3, -0.25) is 9.78 Å². The fourth-order valence-electron chi connectivity index (χ4n) is 1.87. The molecule has 0 fully saturated rings. The molecule has 0 saturated heterocycles. The number of aliphatic carboxylic acids is 1. The molecule has 86 valence electrons. The van der Waals surface area contributed by atoms with Crippen molar-refractivity contribution in [1.82, 2.24) is 4.98 Å². The molecular weight excluding hydrogens is 214 g/mol. The lowest BCUT2D eigenvalue weighted by atomic mass is 9.92. The maximum atomic E-state index is 11.4. The van der Waals surface area contributed by atoms with Gasteiger partial charge in [0.25, 0.3) is 0 Å². The summed E-state index contributed by atoms with van der Waals surface area (Å²) in [6.45, 7) is 1.95. The molecule has 3 nitrogen and oxygen atoms in total. The Balaban J connectivity index is 2.47. The van der Waals surface area contributed by atoms with Crippen LogP contribution < -0.4 is 0 Å². The number of pyridine rings is 1. The van der Waals surface area contributed by atoms with Gasteiger partial charge in [0.2, 0.25) is 0 Å². The minimum absolute atomic E-state index is 0.649. The van der Waals surface area contributed by atoms with Crippen molar-refractivity contribution < 1.29 is 9.90 Å². The van der Waals surface area contributed by atoms with Crippen molar-refractivity contribution in [3.05, 3.63) is 65.5 Å². The van der Waals surface area contributed by atoms with Gasteiger partial charge in [0, 0.05) is 12.4 Å². The number of aryl methyl sites for hydroxylation is 1. The first-order valence-electron chi connectivity index (χ1n) is 5.38. The van der Waals surface area contributed by atoms with E-state index < -0.39 is 11.9 Å². The lowest BCUT2D eigenvalue weighted by Crippen LogP contribution is -2.13. The molecular formula is C14H13NO2. The number of carboxylic acid groups (broad SMARTS) is 1. The summed E-state index contributed by atoms with van der Waals surface area (Å²) in [5.74, 6) is -1.51. The van der Waals surface area contributed by atoms with Crippen molar-refractivity contribution in [3.63, 3.8) is 0 Å². The number of benzene rings is 1. The number of rotatable bonds is 3. The summed E-state index contributed by atoms with van der Waals surface area (Å²) in [7, 11) is 0. The molecule has 1 N–H and O–H groups in total. The Bertz CT molecular complexity index is 523. The minimum atomic E-state index is -0.858. The largest absolute Gasteiger partial charge is 0.481 e. The first-order chi connectivity index (χ1) is 8.18. The highest BCUT2D eigenvalue weighted by Crippen LogP contribution is 2.24. The van der Waals surface area contributed by atoms with Crippen molar-refractivity contribution in [3.8, 4) is 0 Å². The summed E-state index contributed by atoms with van der Waals surface area (Å²) in [5, 5.41) is 9.34. The van der Waals surface area contributed by atoms with E-state index in [0.29, 0.717) is 5.56 Å². The Morgan fingerprint density at radius 3 is 2.59 bits per heavy atom. The number of nitrogens with zero attached hydrogens (tertiary/aromatic N) is 1. The van der Waals surface area contributed by atoms with Crippen LogP contribution in [0.25, 0.3) is 0 Å². The molecule has 2 rings (SSSR count). The van der Waals surface area contributed by atoms with Crippen LogP contribution in [0.2, 0.25) is 0 Å². The molecule has 1 aromatic carbocycles. The van der Waals surface area contributed by atoms with Crippen molar-refractivity contribution in [2.45, 2.75) is 12.8 Å². The van der Waals surface area contributed by atoms with Crippen molar-refractivity contribution in [2.75, 3.05) is 0 Å². The van der Waals surface area contributed by atoms with E-state index in [9.17, 15) is 9.90 Å². The van der Waals surface area contributed by atoms with Crippen molar-refractivity contribution in [1.29, 1.82) is 0 Å². The molecule has 17 heavy (non-hydrogen) atoms. The van der Waals surface area contributed by atoms with E-state index in [0.717, 1.165) is 11.1 Å².